The van der Waals surface area contributed by atoms with Crippen LogP contribution in [0, 0.1) is 0 Å². The zero-order chi connectivity index (χ0) is 4.28. The lowest BCUT2D eigenvalue weighted by Gasteiger charge is -1.56. The molecule has 0 unspecified atom stereocenters. The number of hydrogen-bond donors (Lipinski definition) is 2. The lowest BCUT2D eigenvalue weighted by Crippen LogP contribution is -1.71. The van der Waals surface area contributed by atoms with E-state index in [0.29, 0.717) is 6.26 Å². The fraction of sp³-hybridized carbons (Fsp3) is 0. The molecule has 0 aliphatic carbocycles. The fourth-order valence-electron chi connectivity index (χ4n) is 0. The first kappa shape index (κ1) is 1.64. The summed E-state index contributed by atoms with van der Waals surface area (Å²) in [5.41, 5.74) is 4.57. The van der Waals surface area contributed by atoms with E-state index < -0.39 is 0 Å². The molecule has 0 saturated heterocycles. The molecule has 0 aliphatic rings. The van der Waals surface area contributed by atoms with Crippen LogP contribution in [0.4, 0.5) is 0 Å². The largest absolute Gasteiger partial charge is 0.514 e. The van der Waals surface area contributed by atoms with Crippen molar-refractivity contribution in [3.8, 4) is 0 Å². The van der Waals surface area contributed by atoms with Gasteiger partial charge in [-0.2, -0.15) is 0 Å². The summed E-state index contributed by atoms with van der Waals surface area (Å²) in [6.07, 6.45) is 0.213. The average Bonchev–Trinajstić information content (AvgIpc) is 1.38. The first-order chi connectivity index (χ1) is 2.27. The van der Waals surface area contributed by atoms with Gasteiger partial charge in [-0.1, -0.05) is 0 Å². The molecule has 0 aromatic rings. The van der Waals surface area contributed by atoms with Gasteiger partial charge in [0.2, 0.25) is 0 Å². The summed E-state index contributed by atoms with van der Waals surface area (Å²) >= 11 is 0. The number of aliphatic hydroxyl groups excluding tert-OH is 1. The van der Waals surface area contributed by atoms with E-state index in [2.05, 4.69) is 5.73 Å². The highest BCUT2D eigenvalue weighted by Crippen LogP contribution is 1.38. The van der Waals surface area contributed by atoms with E-state index in [1.807, 2.05) is 0 Å². The van der Waals surface area contributed by atoms with Crippen LogP contribution in [-0.2, 0) is 0 Å². The Balaban J connectivity index is 3.14. The highest BCUT2D eigenvalue weighted by Gasteiger charge is 1.33. The van der Waals surface area contributed by atoms with Crippen LogP contribution in [0.25, 0.3) is 0 Å². The van der Waals surface area contributed by atoms with Crippen molar-refractivity contribution in [1.29, 1.82) is 0 Å². The van der Waals surface area contributed by atoms with Crippen LogP contribution >= 0.6 is 0 Å². The van der Waals surface area contributed by atoms with Gasteiger partial charge in [0.05, 0.1) is 7.63 Å². The summed E-state index contributed by atoms with van der Waals surface area (Å²) in [4.78, 5) is 0. The van der Waals surface area contributed by atoms with Crippen LogP contribution in [0.3, 0.4) is 0 Å². The molecule has 0 aliphatic heterocycles. The zero-order valence-electron chi connectivity index (χ0n) is 3.10. The van der Waals surface area contributed by atoms with Crippen molar-refractivity contribution in [1.82, 2.24) is 0 Å². The number of hydrogen-bond acceptors (Lipinski definition) is 2. The van der Waals surface area contributed by atoms with Gasteiger partial charge in [-0.25, -0.2) is 0 Å². The van der Waals surface area contributed by atoms with Crippen molar-refractivity contribution in [2.45, 2.75) is 0 Å². The smallest absolute Gasteiger partial charge is 0.0946 e. The van der Waals surface area contributed by atoms with Gasteiger partial charge < -0.3 is 10.8 Å². The maximum atomic E-state index is 7.67. The molecule has 24 valence electrons. The third kappa shape index (κ3) is 1.34. The van der Waals surface area contributed by atoms with E-state index in [1.54, 1.807) is 0 Å². The first-order valence-electron chi connectivity index (χ1n) is 1.34. The van der Waals surface area contributed by atoms with E-state index in [0.717, 1.165) is 0 Å². The number of nitrogens with two attached hydrogens (primary N) is 1. The Kier molecular flexibility index (Phi) is 0.959. The standard InChI is InChI=1S/C2H5NO/c3-1-2-4/h1-2,4H,3H2/i1T. The summed E-state index contributed by atoms with van der Waals surface area (Å²) in [6, 6.07) is 0. The summed E-state index contributed by atoms with van der Waals surface area (Å²) in [5.74, 6) is 0. The summed E-state index contributed by atoms with van der Waals surface area (Å²) < 4.78 is 6.22. The van der Waals surface area contributed by atoms with Gasteiger partial charge in [0.15, 0.2) is 0 Å². The van der Waals surface area contributed by atoms with E-state index >= 15 is 0 Å². The molecule has 0 aromatic heterocycles. The molecule has 2 heteroatoms. The summed E-state index contributed by atoms with van der Waals surface area (Å²) in [5, 5.41) is 7.67. The van der Waals surface area contributed by atoms with Crippen LogP contribution in [0.15, 0.2) is 12.4 Å². The molecule has 0 atom stereocenters. The highest BCUT2D eigenvalue weighted by molar-refractivity contribution is 4.58. The van der Waals surface area contributed by atoms with E-state index in [9.17, 15) is 0 Å². The average molecular weight is 61.1 g/mol. The molecule has 0 fully saturated rings. The maximum absolute atomic E-state index is 7.67. The maximum Gasteiger partial charge on any atom is 0.0946 e. The SMILES string of the molecule is [3H]C(N)=CO. The Labute approximate surface area is 26.0 Å². The zero-order valence-corrected chi connectivity index (χ0v) is 2.10. The van der Waals surface area contributed by atoms with Crippen molar-refractivity contribution in [3.05, 3.63) is 12.4 Å². The molecule has 4 heavy (non-hydrogen) atoms. The lowest BCUT2D eigenvalue weighted by atomic mass is 11.0. The Morgan fingerprint density at radius 2 is 2.50 bits per heavy atom. The predicted octanol–water partition coefficient (Wildman–Crippen LogP) is -0.0257. The van der Waals surface area contributed by atoms with Gasteiger partial charge in [0, 0.05) is 6.18 Å². The van der Waals surface area contributed by atoms with Crippen molar-refractivity contribution in [3.63, 3.8) is 0 Å². The van der Waals surface area contributed by atoms with E-state index in [-0.39, 0.29) is 6.18 Å². The Bertz CT molecular complexity index is 47.6. The third-order valence-electron chi connectivity index (χ3n) is 0.0745. The monoisotopic (exact) mass is 61.0 g/mol. The minimum Gasteiger partial charge on any atom is -0.514 e. The van der Waals surface area contributed by atoms with Crippen LogP contribution < -0.4 is 5.73 Å². The van der Waals surface area contributed by atoms with Gasteiger partial charge in [-0.05, 0) is 0 Å². The summed E-state index contributed by atoms with van der Waals surface area (Å²) in [6.45, 7) is 0. The lowest BCUT2D eigenvalue weighted by molar-refractivity contribution is 0.472. The predicted molar refractivity (Wildman–Crippen MR) is 16.0 cm³/mol. The van der Waals surface area contributed by atoms with Gasteiger partial charge >= 0.3 is 0 Å². The molecule has 0 saturated carbocycles. The van der Waals surface area contributed by atoms with Gasteiger partial charge in [-0.15, -0.1) is 0 Å². The second kappa shape index (κ2) is 2.34. The van der Waals surface area contributed by atoms with Crippen molar-refractivity contribution < 1.29 is 6.48 Å². The Morgan fingerprint density at radius 3 is 2.50 bits per heavy atom. The van der Waals surface area contributed by atoms with E-state index in [4.69, 9.17) is 6.48 Å². The van der Waals surface area contributed by atoms with E-state index in [1.165, 1.54) is 0 Å². The minimum atomic E-state index is -0.315. The van der Waals surface area contributed by atoms with Crippen molar-refractivity contribution in [2.24, 2.45) is 5.73 Å². The molecule has 0 heterocycles. The second-order valence-electron chi connectivity index (χ2n) is 0.296. The highest BCUT2D eigenvalue weighted by atomic mass is 16.2. The molecule has 0 aromatic carbocycles. The molecule has 0 radical (unpaired) electrons. The molecule has 2 nitrogen and oxygen atoms in total. The Hall–Kier alpha value is -0.660. The van der Waals surface area contributed by atoms with Gasteiger partial charge in [0.1, 0.15) is 0 Å². The third-order valence-corrected chi connectivity index (χ3v) is 0.0745. The normalized spacial score (nSPS) is 15.0. The molecular formula is C2H5NO. The van der Waals surface area contributed by atoms with Crippen LogP contribution in [0.1, 0.15) is 1.37 Å². The number of aliphatic hydroxyl groups is 1. The fourth-order valence-corrected chi connectivity index (χ4v) is 0. The molecule has 0 spiro atoms. The van der Waals surface area contributed by atoms with Crippen LogP contribution in [-0.4, -0.2) is 5.11 Å². The van der Waals surface area contributed by atoms with Crippen LogP contribution in [0.5, 0.6) is 0 Å². The quantitative estimate of drug-likeness (QED) is 0.386. The van der Waals surface area contributed by atoms with Crippen molar-refractivity contribution in [2.75, 3.05) is 0 Å². The molecule has 0 amide bonds. The van der Waals surface area contributed by atoms with Gasteiger partial charge in [0.25, 0.3) is 0 Å². The summed E-state index contributed by atoms with van der Waals surface area (Å²) in [7, 11) is 0. The van der Waals surface area contributed by atoms with Crippen molar-refractivity contribution >= 4 is 0 Å². The molecule has 0 rings (SSSR count). The van der Waals surface area contributed by atoms with Gasteiger partial charge in [-0.3, -0.25) is 0 Å². The molecular weight excluding hydrogens is 54.0 g/mol. The second-order valence-corrected chi connectivity index (χ2v) is 0.296. The number of rotatable bonds is 0. The Morgan fingerprint density at radius 1 is 2.25 bits per heavy atom. The first-order valence-corrected chi connectivity index (χ1v) is 0.836. The molecule has 0 bridgehead atoms. The van der Waals surface area contributed by atoms with Crippen LogP contribution in [0.2, 0.25) is 0 Å². The topological polar surface area (TPSA) is 46.2 Å². The minimum absolute atomic E-state index is 0.315. The molecule has 3 N–H and O–H groups in total.